The molecule has 0 aliphatic carbocycles. The third-order valence-corrected chi connectivity index (χ3v) is 5.05. The van der Waals surface area contributed by atoms with Gasteiger partial charge in [0.05, 0.1) is 5.92 Å². The Hall–Kier alpha value is -2.44. The second-order valence-corrected chi connectivity index (χ2v) is 7.22. The van der Waals surface area contributed by atoms with Gasteiger partial charge in [-0.2, -0.15) is 4.98 Å². The van der Waals surface area contributed by atoms with Crippen molar-refractivity contribution in [2.45, 2.75) is 18.9 Å². The van der Waals surface area contributed by atoms with E-state index in [1.54, 1.807) is 29.2 Å². The molecule has 1 aromatic heterocycles. The molecule has 1 aliphatic heterocycles. The van der Waals surface area contributed by atoms with Crippen molar-refractivity contribution in [1.82, 2.24) is 15.0 Å². The van der Waals surface area contributed by atoms with Crippen molar-refractivity contribution in [3.05, 3.63) is 69.8 Å². The van der Waals surface area contributed by atoms with Gasteiger partial charge in [-0.3, -0.25) is 4.79 Å². The van der Waals surface area contributed by atoms with Crippen LogP contribution in [-0.2, 0) is 11.3 Å². The minimum absolute atomic E-state index is 0.0390. The number of benzene rings is 2. The van der Waals surface area contributed by atoms with E-state index in [4.69, 9.17) is 27.7 Å². The highest BCUT2D eigenvalue weighted by Crippen LogP contribution is 2.31. The maximum Gasteiger partial charge on any atom is 0.232 e. The second kappa shape index (κ2) is 7.29. The number of hydrogen-bond acceptors (Lipinski definition) is 4. The lowest BCUT2D eigenvalue weighted by Crippen LogP contribution is -2.24. The lowest BCUT2D eigenvalue weighted by Gasteiger charge is -2.17. The Morgan fingerprint density at radius 3 is 2.85 bits per heavy atom. The number of carbonyl (C=O) groups excluding carboxylic acids is 1. The number of hydrogen-bond donors (Lipinski definition) is 0. The zero-order valence-electron chi connectivity index (χ0n) is 14.0. The van der Waals surface area contributed by atoms with Gasteiger partial charge in [0.2, 0.25) is 17.6 Å². The first-order valence-electron chi connectivity index (χ1n) is 8.31. The lowest BCUT2D eigenvalue weighted by atomic mass is 10.1. The van der Waals surface area contributed by atoms with Crippen LogP contribution in [0.25, 0.3) is 11.4 Å². The molecule has 1 aliphatic rings. The Morgan fingerprint density at radius 1 is 1.22 bits per heavy atom. The van der Waals surface area contributed by atoms with Crippen molar-refractivity contribution in [3.63, 3.8) is 0 Å². The molecule has 0 spiro atoms. The summed E-state index contributed by atoms with van der Waals surface area (Å²) in [7, 11) is 0. The third kappa shape index (κ3) is 3.82. The number of aromatic nitrogens is 2. The average molecular weight is 406 g/mol. The van der Waals surface area contributed by atoms with E-state index in [1.807, 2.05) is 6.07 Å². The van der Waals surface area contributed by atoms with Gasteiger partial charge in [-0.1, -0.05) is 46.6 Å². The normalized spacial score (nSPS) is 16.9. The molecule has 1 saturated heterocycles. The molecular formula is C19H14Cl2FN3O2. The minimum Gasteiger partial charge on any atom is -0.339 e. The van der Waals surface area contributed by atoms with Crippen LogP contribution in [0, 0.1) is 5.82 Å². The molecule has 0 N–H and O–H groups in total. The average Bonchev–Trinajstić information content (AvgIpc) is 3.25. The zero-order chi connectivity index (χ0) is 19.0. The zero-order valence-corrected chi connectivity index (χ0v) is 15.5. The largest absolute Gasteiger partial charge is 0.339 e. The van der Waals surface area contributed by atoms with E-state index in [9.17, 15) is 9.18 Å². The Labute approximate surface area is 164 Å². The molecule has 4 rings (SSSR count). The summed E-state index contributed by atoms with van der Waals surface area (Å²) in [5.74, 6) is 0.194. The van der Waals surface area contributed by atoms with Crippen molar-refractivity contribution < 1.29 is 13.7 Å². The van der Waals surface area contributed by atoms with Gasteiger partial charge in [0, 0.05) is 35.1 Å². The summed E-state index contributed by atoms with van der Waals surface area (Å²) in [5.41, 5.74) is 1.44. The summed E-state index contributed by atoms with van der Waals surface area (Å²) >= 11 is 12.1. The van der Waals surface area contributed by atoms with Crippen molar-refractivity contribution in [3.8, 4) is 11.4 Å². The Morgan fingerprint density at radius 2 is 2.07 bits per heavy atom. The molecule has 1 amide bonds. The summed E-state index contributed by atoms with van der Waals surface area (Å²) in [6, 6.07) is 11.3. The van der Waals surface area contributed by atoms with Crippen LogP contribution < -0.4 is 0 Å². The van der Waals surface area contributed by atoms with E-state index in [1.165, 1.54) is 12.1 Å². The van der Waals surface area contributed by atoms with E-state index in [0.29, 0.717) is 40.4 Å². The maximum atomic E-state index is 13.2. The van der Waals surface area contributed by atoms with Gasteiger partial charge >= 0.3 is 0 Å². The molecule has 27 heavy (non-hydrogen) atoms. The van der Waals surface area contributed by atoms with E-state index >= 15 is 0 Å². The quantitative estimate of drug-likeness (QED) is 0.631. The fourth-order valence-corrected chi connectivity index (χ4v) is 3.51. The maximum absolute atomic E-state index is 13.2. The summed E-state index contributed by atoms with van der Waals surface area (Å²) in [6.07, 6.45) is 0.274. The molecule has 1 atom stereocenters. The predicted molar refractivity (Wildman–Crippen MR) is 98.9 cm³/mol. The van der Waals surface area contributed by atoms with Crippen molar-refractivity contribution >= 4 is 29.1 Å². The molecule has 1 unspecified atom stereocenters. The van der Waals surface area contributed by atoms with Crippen LogP contribution in [0.1, 0.15) is 23.8 Å². The van der Waals surface area contributed by atoms with Gasteiger partial charge in [0.15, 0.2) is 0 Å². The number of rotatable bonds is 4. The van der Waals surface area contributed by atoms with Crippen LogP contribution in [0.3, 0.4) is 0 Å². The number of amides is 1. The van der Waals surface area contributed by atoms with Crippen LogP contribution in [-0.4, -0.2) is 27.5 Å². The number of nitrogens with zero attached hydrogens (tertiary/aromatic N) is 3. The van der Waals surface area contributed by atoms with Crippen LogP contribution in [0.5, 0.6) is 0 Å². The van der Waals surface area contributed by atoms with E-state index in [2.05, 4.69) is 10.1 Å². The van der Waals surface area contributed by atoms with Gasteiger partial charge < -0.3 is 9.42 Å². The number of likely N-dealkylation sites (tertiary alicyclic amines) is 1. The van der Waals surface area contributed by atoms with E-state index in [0.717, 1.165) is 5.56 Å². The highest BCUT2D eigenvalue weighted by molar-refractivity contribution is 6.31. The third-order valence-electron chi connectivity index (χ3n) is 4.46. The SMILES string of the molecule is O=C1CC(c2nc(-c3cccc(Cl)c3)no2)CN1Cc1ccc(F)cc1Cl. The molecule has 3 aromatic rings. The molecule has 8 heteroatoms. The number of carbonyl (C=O) groups is 1. The highest BCUT2D eigenvalue weighted by atomic mass is 35.5. The minimum atomic E-state index is -0.409. The molecule has 0 saturated carbocycles. The summed E-state index contributed by atoms with van der Waals surface area (Å²) in [5, 5.41) is 4.87. The topological polar surface area (TPSA) is 59.2 Å². The van der Waals surface area contributed by atoms with Crippen LogP contribution in [0.15, 0.2) is 47.0 Å². The summed E-state index contributed by atoms with van der Waals surface area (Å²) < 4.78 is 18.6. The molecule has 0 bridgehead atoms. The highest BCUT2D eigenvalue weighted by Gasteiger charge is 2.34. The number of halogens is 3. The molecule has 2 aromatic carbocycles. The Bertz CT molecular complexity index is 1010. The van der Waals surface area contributed by atoms with E-state index in [-0.39, 0.29) is 18.2 Å². The Kier molecular flexibility index (Phi) is 4.85. The van der Waals surface area contributed by atoms with Crippen LogP contribution >= 0.6 is 23.2 Å². The molecule has 0 radical (unpaired) electrons. The molecule has 2 heterocycles. The van der Waals surface area contributed by atoms with E-state index < -0.39 is 5.82 Å². The van der Waals surface area contributed by atoms with Gasteiger partial charge in [0.1, 0.15) is 5.82 Å². The standard InChI is InChI=1S/C19H14Cl2FN3O2/c20-14-3-1-2-11(6-14)18-23-19(27-24-18)13-7-17(26)25(10-13)9-12-4-5-15(22)8-16(12)21/h1-6,8,13H,7,9-10H2. The summed E-state index contributed by atoms with van der Waals surface area (Å²) in [6.45, 7) is 0.744. The van der Waals surface area contributed by atoms with Gasteiger partial charge in [-0.25, -0.2) is 4.39 Å². The van der Waals surface area contributed by atoms with Crippen molar-refractivity contribution in [1.29, 1.82) is 0 Å². The molecule has 5 nitrogen and oxygen atoms in total. The molecular weight excluding hydrogens is 392 g/mol. The molecule has 138 valence electrons. The first-order chi connectivity index (χ1) is 13.0. The predicted octanol–water partition coefficient (Wildman–Crippen LogP) is 4.70. The lowest BCUT2D eigenvalue weighted by molar-refractivity contribution is -0.128. The fourth-order valence-electron chi connectivity index (χ4n) is 3.09. The van der Waals surface area contributed by atoms with Crippen LogP contribution in [0.2, 0.25) is 10.0 Å². The second-order valence-electron chi connectivity index (χ2n) is 6.38. The fraction of sp³-hybridized carbons (Fsp3) is 0.211. The monoisotopic (exact) mass is 405 g/mol. The first-order valence-corrected chi connectivity index (χ1v) is 9.06. The smallest absolute Gasteiger partial charge is 0.232 e. The van der Waals surface area contributed by atoms with Gasteiger partial charge in [-0.15, -0.1) is 0 Å². The van der Waals surface area contributed by atoms with Gasteiger partial charge in [0.25, 0.3) is 0 Å². The van der Waals surface area contributed by atoms with Gasteiger partial charge in [-0.05, 0) is 29.8 Å². The Balaban J connectivity index is 1.49. The van der Waals surface area contributed by atoms with Crippen molar-refractivity contribution in [2.75, 3.05) is 6.54 Å². The molecule has 1 fully saturated rings. The summed E-state index contributed by atoms with van der Waals surface area (Å²) in [4.78, 5) is 18.4. The van der Waals surface area contributed by atoms with Crippen LogP contribution in [0.4, 0.5) is 4.39 Å². The first kappa shape index (κ1) is 17.9. The van der Waals surface area contributed by atoms with Crippen molar-refractivity contribution in [2.24, 2.45) is 0 Å².